The molecule has 7 heteroatoms. The third-order valence-corrected chi connectivity index (χ3v) is 5.87. The number of nitrogens with one attached hydrogen (secondary N) is 1. The van der Waals surface area contributed by atoms with Crippen LogP contribution in [0.4, 0.5) is 5.69 Å². The summed E-state index contributed by atoms with van der Waals surface area (Å²) in [7, 11) is -1.67. The Hall–Kier alpha value is -2.38. The molecule has 2 aromatic carbocycles. The zero-order valence-electron chi connectivity index (χ0n) is 15.5. The zero-order chi connectivity index (χ0) is 19.4. The second-order valence-electron chi connectivity index (χ2n) is 6.75. The van der Waals surface area contributed by atoms with Crippen molar-refractivity contribution in [2.24, 2.45) is 0 Å². The maximum absolute atomic E-state index is 12.5. The van der Waals surface area contributed by atoms with E-state index in [0.717, 1.165) is 31.4 Å². The summed E-state index contributed by atoms with van der Waals surface area (Å²) >= 11 is 0. The van der Waals surface area contributed by atoms with Gasteiger partial charge in [0.25, 0.3) is 0 Å². The van der Waals surface area contributed by atoms with Crippen LogP contribution in [0.15, 0.2) is 53.4 Å². The first-order valence-electron chi connectivity index (χ1n) is 8.85. The molecule has 0 unspecified atom stereocenters. The first-order chi connectivity index (χ1) is 12.9. The van der Waals surface area contributed by atoms with Gasteiger partial charge >= 0.3 is 0 Å². The van der Waals surface area contributed by atoms with Gasteiger partial charge in [0.15, 0.2) is 9.84 Å². The van der Waals surface area contributed by atoms with Crippen LogP contribution in [-0.4, -0.2) is 45.7 Å². The van der Waals surface area contributed by atoms with E-state index in [0.29, 0.717) is 5.69 Å². The van der Waals surface area contributed by atoms with Gasteiger partial charge in [-0.25, -0.2) is 8.42 Å². The molecule has 1 amide bonds. The third kappa shape index (κ3) is 4.87. The van der Waals surface area contributed by atoms with E-state index in [9.17, 15) is 13.2 Å². The summed E-state index contributed by atoms with van der Waals surface area (Å²) < 4.78 is 28.5. The van der Waals surface area contributed by atoms with Crippen LogP contribution in [-0.2, 0) is 14.6 Å². The largest absolute Gasteiger partial charge is 0.497 e. The topological polar surface area (TPSA) is 75.7 Å². The molecule has 2 aromatic rings. The van der Waals surface area contributed by atoms with Crippen LogP contribution in [0.3, 0.4) is 0 Å². The molecule has 0 spiro atoms. The van der Waals surface area contributed by atoms with Crippen molar-refractivity contribution in [2.45, 2.75) is 23.8 Å². The molecule has 1 aliphatic rings. The lowest BCUT2D eigenvalue weighted by Crippen LogP contribution is -2.32. The molecule has 144 valence electrons. The number of anilines is 1. The fourth-order valence-corrected chi connectivity index (χ4v) is 4.08. The van der Waals surface area contributed by atoms with Gasteiger partial charge in [0.05, 0.1) is 18.6 Å². The first-order valence-corrected chi connectivity index (χ1v) is 10.7. The Kier molecular flexibility index (Phi) is 5.82. The van der Waals surface area contributed by atoms with Crippen LogP contribution in [0.25, 0.3) is 0 Å². The fourth-order valence-electron chi connectivity index (χ4n) is 3.41. The van der Waals surface area contributed by atoms with E-state index >= 15 is 0 Å². The number of ether oxygens (including phenoxy) is 1. The first kappa shape index (κ1) is 19.4. The molecule has 0 bridgehead atoms. The fraction of sp³-hybridized carbons (Fsp3) is 0.350. The van der Waals surface area contributed by atoms with Gasteiger partial charge in [0, 0.05) is 18.0 Å². The number of nitrogens with zero attached hydrogens (tertiary/aromatic N) is 1. The number of sulfone groups is 1. The molecule has 27 heavy (non-hydrogen) atoms. The van der Waals surface area contributed by atoms with E-state index in [1.54, 1.807) is 19.2 Å². The molecule has 6 nitrogen and oxygen atoms in total. The number of carbonyl (C=O) groups excluding carboxylic acids is 1. The average Bonchev–Trinajstić information content (AvgIpc) is 3.09. The highest BCUT2D eigenvalue weighted by Gasteiger charge is 2.27. The van der Waals surface area contributed by atoms with Crippen molar-refractivity contribution >= 4 is 21.4 Å². The SMILES string of the molecule is COc1ccc([C@@H]2CCCN2CC(=O)Nc2cccc(S(C)(=O)=O)c2)cc1. The predicted octanol–water partition coefficient (Wildman–Crippen LogP) is 2.87. The van der Waals surface area contributed by atoms with Gasteiger partial charge in [-0.1, -0.05) is 18.2 Å². The Bertz CT molecular complexity index is 910. The molecule has 1 aliphatic heterocycles. The zero-order valence-corrected chi connectivity index (χ0v) is 16.3. The Morgan fingerprint density at radius 3 is 2.63 bits per heavy atom. The number of hydrogen-bond acceptors (Lipinski definition) is 5. The number of benzene rings is 2. The van der Waals surface area contributed by atoms with Gasteiger partial charge in [-0.05, 0) is 55.3 Å². The van der Waals surface area contributed by atoms with Gasteiger partial charge in [-0.2, -0.15) is 0 Å². The number of carbonyl (C=O) groups is 1. The van der Waals surface area contributed by atoms with E-state index in [2.05, 4.69) is 10.2 Å². The lowest BCUT2D eigenvalue weighted by atomic mass is 10.0. The summed E-state index contributed by atoms with van der Waals surface area (Å²) in [5, 5.41) is 2.81. The summed E-state index contributed by atoms with van der Waals surface area (Å²) in [6.45, 7) is 1.12. The summed E-state index contributed by atoms with van der Waals surface area (Å²) in [4.78, 5) is 14.8. The van der Waals surface area contributed by atoms with Crippen LogP contribution in [0, 0.1) is 0 Å². The Balaban J connectivity index is 1.66. The molecule has 0 saturated carbocycles. The van der Waals surface area contributed by atoms with Crippen molar-refractivity contribution in [3.05, 3.63) is 54.1 Å². The monoisotopic (exact) mass is 388 g/mol. The van der Waals surface area contributed by atoms with E-state index < -0.39 is 9.84 Å². The molecular weight excluding hydrogens is 364 g/mol. The van der Waals surface area contributed by atoms with Gasteiger partial charge in [0.1, 0.15) is 5.75 Å². The molecule has 0 radical (unpaired) electrons. The van der Waals surface area contributed by atoms with Crippen molar-refractivity contribution in [2.75, 3.05) is 31.8 Å². The minimum absolute atomic E-state index is 0.152. The van der Waals surface area contributed by atoms with Crippen LogP contribution in [0.1, 0.15) is 24.4 Å². The number of amides is 1. The summed E-state index contributed by atoms with van der Waals surface area (Å²) in [6, 6.07) is 14.5. The molecule has 3 rings (SSSR count). The number of rotatable bonds is 6. The molecule has 1 heterocycles. The van der Waals surface area contributed by atoms with Crippen molar-refractivity contribution in [1.82, 2.24) is 4.90 Å². The van der Waals surface area contributed by atoms with Gasteiger partial charge < -0.3 is 10.1 Å². The summed E-state index contributed by atoms with van der Waals surface area (Å²) in [6.07, 6.45) is 3.19. The smallest absolute Gasteiger partial charge is 0.238 e. The van der Waals surface area contributed by atoms with E-state index in [1.807, 2.05) is 24.3 Å². The maximum Gasteiger partial charge on any atom is 0.238 e. The van der Waals surface area contributed by atoms with Crippen molar-refractivity contribution < 1.29 is 17.9 Å². The number of likely N-dealkylation sites (tertiary alicyclic amines) is 1. The molecular formula is C20H24N2O4S. The highest BCUT2D eigenvalue weighted by atomic mass is 32.2. The Morgan fingerprint density at radius 1 is 1.22 bits per heavy atom. The second kappa shape index (κ2) is 8.10. The van der Waals surface area contributed by atoms with E-state index in [4.69, 9.17) is 4.74 Å². The predicted molar refractivity (Wildman–Crippen MR) is 105 cm³/mol. The summed E-state index contributed by atoms with van der Waals surface area (Å²) in [5.74, 6) is 0.660. The van der Waals surface area contributed by atoms with E-state index in [1.165, 1.54) is 17.7 Å². The summed E-state index contributed by atoms with van der Waals surface area (Å²) in [5.41, 5.74) is 1.66. The molecule has 1 saturated heterocycles. The maximum atomic E-state index is 12.5. The minimum Gasteiger partial charge on any atom is -0.497 e. The Labute approximate surface area is 160 Å². The van der Waals surface area contributed by atoms with Gasteiger partial charge in [-0.15, -0.1) is 0 Å². The third-order valence-electron chi connectivity index (χ3n) is 4.76. The number of hydrogen-bond donors (Lipinski definition) is 1. The normalized spacial score (nSPS) is 17.6. The van der Waals surface area contributed by atoms with Crippen LogP contribution < -0.4 is 10.1 Å². The second-order valence-corrected chi connectivity index (χ2v) is 8.77. The van der Waals surface area contributed by atoms with Crippen molar-refractivity contribution in [3.63, 3.8) is 0 Å². The van der Waals surface area contributed by atoms with Crippen molar-refractivity contribution in [1.29, 1.82) is 0 Å². The van der Waals surface area contributed by atoms with Crippen LogP contribution in [0.5, 0.6) is 5.75 Å². The lowest BCUT2D eigenvalue weighted by Gasteiger charge is -2.24. The molecule has 0 aliphatic carbocycles. The minimum atomic E-state index is -3.31. The lowest BCUT2D eigenvalue weighted by molar-refractivity contribution is -0.117. The van der Waals surface area contributed by atoms with Gasteiger partial charge in [-0.3, -0.25) is 9.69 Å². The highest BCUT2D eigenvalue weighted by Crippen LogP contribution is 2.32. The Morgan fingerprint density at radius 2 is 1.96 bits per heavy atom. The molecule has 1 N–H and O–H groups in total. The molecule has 1 atom stereocenters. The highest BCUT2D eigenvalue weighted by molar-refractivity contribution is 7.90. The van der Waals surface area contributed by atoms with E-state index in [-0.39, 0.29) is 23.4 Å². The quantitative estimate of drug-likeness (QED) is 0.824. The molecule has 1 fully saturated rings. The van der Waals surface area contributed by atoms with Gasteiger partial charge in [0.2, 0.25) is 5.91 Å². The van der Waals surface area contributed by atoms with Crippen LogP contribution >= 0.6 is 0 Å². The molecule has 0 aromatic heterocycles. The van der Waals surface area contributed by atoms with Crippen molar-refractivity contribution in [3.8, 4) is 5.75 Å². The average molecular weight is 388 g/mol. The number of methoxy groups -OCH3 is 1. The van der Waals surface area contributed by atoms with Crippen LogP contribution in [0.2, 0.25) is 0 Å². The standard InChI is InChI=1S/C20H24N2O4S/c1-26-17-10-8-15(9-11-17)19-7-4-12-22(19)14-20(23)21-16-5-3-6-18(13-16)27(2,24)25/h3,5-6,8-11,13,19H,4,7,12,14H2,1-2H3,(H,21,23)/t19-/m0/s1.